The second kappa shape index (κ2) is 9.60. The summed E-state index contributed by atoms with van der Waals surface area (Å²) in [5.41, 5.74) is 1.75. The van der Waals surface area contributed by atoms with Crippen LogP contribution in [0.1, 0.15) is 41.6 Å². The fraction of sp³-hybridized carbons (Fsp3) is 0.417. The Bertz CT molecular complexity index is 936. The number of benzene rings is 2. The van der Waals surface area contributed by atoms with Crippen molar-refractivity contribution in [1.29, 1.82) is 0 Å². The van der Waals surface area contributed by atoms with Gasteiger partial charge in [0, 0.05) is 47.3 Å². The zero-order valence-electron chi connectivity index (χ0n) is 17.6. The first kappa shape index (κ1) is 22.1. The van der Waals surface area contributed by atoms with E-state index < -0.39 is 0 Å². The lowest BCUT2D eigenvalue weighted by atomic mass is 9.96. The summed E-state index contributed by atoms with van der Waals surface area (Å²) in [6.07, 6.45) is 4.22. The second-order valence-corrected chi connectivity index (χ2v) is 9.46. The van der Waals surface area contributed by atoms with E-state index >= 15 is 0 Å². The van der Waals surface area contributed by atoms with E-state index in [1.807, 2.05) is 12.1 Å². The van der Waals surface area contributed by atoms with Crippen LogP contribution in [0.25, 0.3) is 0 Å². The lowest BCUT2D eigenvalue weighted by molar-refractivity contribution is -0.122. The Balaban J connectivity index is 1.29. The van der Waals surface area contributed by atoms with Crippen LogP contribution in [0.2, 0.25) is 10.0 Å². The summed E-state index contributed by atoms with van der Waals surface area (Å²) < 4.78 is 0. The molecule has 0 saturated carbocycles. The van der Waals surface area contributed by atoms with Crippen LogP contribution in [0.5, 0.6) is 0 Å². The lowest BCUT2D eigenvalue weighted by Gasteiger charge is -2.39. The molecule has 2 heterocycles. The molecule has 0 aliphatic carbocycles. The summed E-state index contributed by atoms with van der Waals surface area (Å²) >= 11 is 12.0. The van der Waals surface area contributed by atoms with Gasteiger partial charge in [-0.2, -0.15) is 0 Å². The smallest absolute Gasteiger partial charge is 0.254 e. The van der Waals surface area contributed by atoms with Crippen molar-refractivity contribution in [2.75, 3.05) is 13.6 Å². The molecule has 4 rings (SSSR count). The van der Waals surface area contributed by atoms with Crippen LogP contribution >= 0.6 is 23.2 Å². The number of piperidine rings is 1. The van der Waals surface area contributed by atoms with Crippen molar-refractivity contribution in [2.24, 2.45) is 0 Å². The summed E-state index contributed by atoms with van der Waals surface area (Å²) in [5.74, 6) is -0.330. The highest BCUT2D eigenvalue weighted by atomic mass is 35.5. The molecule has 2 fully saturated rings. The third-order valence-electron chi connectivity index (χ3n) is 6.33. The van der Waals surface area contributed by atoms with Crippen LogP contribution in [0.4, 0.5) is 0 Å². The van der Waals surface area contributed by atoms with Crippen LogP contribution in [0.3, 0.4) is 0 Å². The molecule has 5 nitrogen and oxygen atoms in total. The Labute approximate surface area is 193 Å². The van der Waals surface area contributed by atoms with Gasteiger partial charge in [-0.3, -0.25) is 14.5 Å². The number of carbonyl (C=O) groups excluding carboxylic acids is 2. The van der Waals surface area contributed by atoms with Gasteiger partial charge < -0.3 is 10.2 Å². The minimum Gasteiger partial charge on any atom is -0.352 e. The third kappa shape index (κ3) is 5.40. The van der Waals surface area contributed by atoms with Crippen molar-refractivity contribution in [3.05, 3.63) is 69.7 Å². The average Bonchev–Trinajstić information content (AvgIpc) is 2.96. The molecule has 2 aliphatic rings. The highest BCUT2D eigenvalue weighted by molar-refractivity contribution is 6.31. The van der Waals surface area contributed by atoms with Gasteiger partial charge >= 0.3 is 0 Å². The second-order valence-electron chi connectivity index (χ2n) is 8.59. The molecule has 2 saturated heterocycles. The number of hydrogen-bond acceptors (Lipinski definition) is 3. The molecule has 2 aliphatic heterocycles. The van der Waals surface area contributed by atoms with Gasteiger partial charge in [0.15, 0.2) is 0 Å². The average molecular weight is 460 g/mol. The van der Waals surface area contributed by atoms with Crippen LogP contribution in [0.15, 0.2) is 48.5 Å². The molecule has 0 radical (unpaired) electrons. The van der Waals surface area contributed by atoms with E-state index in [0.29, 0.717) is 22.7 Å². The molecule has 2 bridgehead atoms. The molecule has 164 valence electrons. The van der Waals surface area contributed by atoms with E-state index in [1.165, 1.54) is 10.5 Å². The maximum Gasteiger partial charge on any atom is 0.254 e. The predicted molar refractivity (Wildman–Crippen MR) is 123 cm³/mol. The third-order valence-corrected chi connectivity index (χ3v) is 6.81. The number of rotatable bonds is 6. The molecule has 0 aromatic heterocycles. The number of fused-ring (bicyclic) bond motifs is 2. The van der Waals surface area contributed by atoms with E-state index in [4.69, 9.17) is 23.2 Å². The molecule has 2 aromatic rings. The van der Waals surface area contributed by atoms with E-state index in [1.54, 1.807) is 31.3 Å². The fourth-order valence-corrected chi connectivity index (χ4v) is 5.17. The zero-order valence-corrected chi connectivity index (χ0v) is 19.1. The number of nitrogens with zero attached hydrogens (tertiary/aromatic N) is 2. The summed E-state index contributed by atoms with van der Waals surface area (Å²) in [6, 6.07) is 15.9. The Morgan fingerprint density at radius 1 is 1.03 bits per heavy atom. The largest absolute Gasteiger partial charge is 0.352 e. The van der Waals surface area contributed by atoms with Gasteiger partial charge in [-0.15, -0.1) is 0 Å². The molecule has 7 heteroatoms. The van der Waals surface area contributed by atoms with Crippen molar-refractivity contribution in [2.45, 2.75) is 50.4 Å². The van der Waals surface area contributed by atoms with Crippen molar-refractivity contribution in [1.82, 2.24) is 15.1 Å². The quantitative estimate of drug-likeness (QED) is 0.697. The number of hydrogen-bond donors (Lipinski definition) is 1. The molecule has 2 amide bonds. The summed E-state index contributed by atoms with van der Waals surface area (Å²) in [4.78, 5) is 29.2. The van der Waals surface area contributed by atoms with E-state index in [0.717, 1.165) is 37.3 Å². The first-order valence-corrected chi connectivity index (χ1v) is 11.4. The van der Waals surface area contributed by atoms with Gasteiger partial charge in [-0.05, 0) is 61.6 Å². The summed E-state index contributed by atoms with van der Waals surface area (Å²) in [7, 11) is 1.64. The molecule has 2 aromatic carbocycles. The topological polar surface area (TPSA) is 52.7 Å². The monoisotopic (exact) mass is 459 g/mol. The summed E-state index contributed by atoms with van der Waals surface area (Å²) in [5, 5.41) is 4.42. The number of likely N-dealkylation sites (N-methyl/N-ethyl adjacent to an activating group) is 1. The van der Waals surface area contributed by atoms with Gasteiger partial charge in [0.05, 0.1) is 6.54 Å². The zero-order chi connectivity index (χ0) is 22.0. The van der Waals surface area contributed by atoms with Gasteiger partial charge in [0.2, 0.25) is 5.91 Å². The van der Waals surface area contributed by atoms with Gasteiger partial charge in [-0.25, -0.2) is 0 Å². The van der Waals surface area contributed by atoms with Gasteiger partial charge in [0.25, 0.3) is 5.91 Å². The molecule has 31 heavy (non-hydrogen) atoms. The van der Waals surface area contributed by atoms with E-state index in [-0.39, 0.29) is 24.4 Å². The van der Waals surface area contributed by atoms with Crippen LogP contribution in [-0.2, 0) is 11.3 Å². The standard InChI is InChI=1S/C24H27Cl2N3O2/c1-28(24(31)17-3-2-4-19(26)11-17)15-23(30)27-20-12-21-9-10-22(13-20)29(21)14-16-5-7-18(25)8-6-16/h2-8,11,20-22H,9-10,12-15H2,1H3,(H,27,30)/t20-,21-,22+. The number of carbonyl (C=O) groups is 2. The Hall–Kier alpha value is -2.08. The lowest BCUT2D eigenvalue weighted by Crippen LogP contribution is -2.51. The van der Waals surface area contributed by atoms with Crippen molar-refractivity contribution in [3.63, 3.8) is 0 Å². The predicted octanol–water partition coefficient (Wildman–Crippen LogP) is 4.38. The normalized spacial score (nSPS) is 22.9. The maximum atomic E-state index is 12.6. The molecular weight excluding hydrogens is 433 g/mol. The molecular formula is C24H27Cl2N3O2. The SMILES string of the molecule is CN(CC(=O)N[C@@H]1C[C@H]2CC[C@@H](C1)N2Cc1ccc(Cl)cc1)C(=O)c1cccc(Cl)c1. The number of halogens is 2. The maximum absolute atomic E-state index is 12.6. The Morgan fingerprint density at radius 3 is 2.35 bits per heavy atom. The van der Waals surface area contributed by atoms with Crippen LogP contribution in [-0.4, -0.2) is 53.3 Å². The van der Waals surface area contributed by atoms with Crippen molar-refractivity contribution in [3.8, 4) is 0 Å². The van der Waals surface area contributed by atoms with Crippen molar-refractivity contribution < 1.29 is 9.59 Å². The molecule has 0 unspecified atom stereocenters. The highest BCUT2D eigenvalue weighted by Gasteiger charge is 2.40. The first-order valence-electron chi connectivity index (χ1n) is 10.7. The molecule has 3 atom stereocenters. The molecule has 0 spiro atoms. The molecule has 1 N–H and O–H groups in total. The fourth-order valence-electron chi connectivity index (χ4n) is 4.85. The van der Waals surface area contributed by atoms with E-state index in [2.05, 4.69) is 22.3 Å². The Kier molecular flexibility index (Phi) is 6.85. The Morgan fingerprint density at radius 2 is 1.71 bits per heavy atom. The van der Waals surface area contributed by atoms with Crippen LogP contribution < -0.4 is 5.32 Å². The minimum absolute atomic E-state index is 0.0334. The number of amides is 2. The summed E-state index contributed by atoms with van der Waals surface area (Å²) in [6.45, 7) is 0.954. The minimum atomic E-state index is -0.212. The highest BCUT2D eigenvalue weighted by Crippen LogP contribution is 2.37. The van der Waals surface area contributed by atoms with Gasteiger partial charge in [0.1, 0.15) is 0 Å². The first-order chi connectivity index (χ1) is 14.9. The van der Waals surface area contributed by atoms with E-state index in [9.17, 15) is 9.59 Å². The van der Waals surface area contributed by atoms with Gasteiger partial charge in [-0.1, -0.05) is 41.4 Å². The van der Waals surface area contributed by atoms with Crippen LogP contribution in [0, 0.1) is 0 Å². The number of nitrogens with one attached hydrogen (secondary N) is 1. The van der Waals surface area contributed by atoms with Crippen molar-refractivity contribution >= 4 is 35.0 Å².